The lowest BCUT2D eigenvalue weighted by Crippen LogP contribution is -2.33. The molecule has 0 aromatic rings. The second-order valence-electron chi connectivity index (χ2n) is 3.07. The van der Waals surface area contributed by atoms with Crippen LogP contribution in [0.2, 0.25) is 6.04 Å². The molecule has 0 aliphatic rings. The van der Waals surface area contributed by atoms with Crippen LogP contribution in [0.5, 0.6) is 0 Å². The van der Waals surface area contributed by atoms with Crippen molar-refractivity contribution in [3.05, 3.63) is 0 Å². The lowest BCUT2D eigenvalue weighted by atomic mass is 10.5. The molecule has 0 bridgehead atoms. The molecule has 15 heavy (non-hydrogen) atoms. The predicted octanol–water partition coefficient (Wildman–Crippen LogP) is 2.25. The first-order chi connectivity index (χ1) is 7.08. The molecule has 0 aliphatic heterocycles. The van der Waals surface area contributed by atoms with Crippen LogP contribution >= 0.6 is 11.1 Å². The third-order valence-corrected chi connectivity index (χ3v) is 5.65. The Bertz CT molecular complexity index is 155. The largest absolute Gasteiger partial charge is 0.442 e. The Hall–Kier alpha value is 0.347. The molecule has 0 spiro atoms. The molecule has 92 valence electrons. The first kappa shape index (κ1) is 15.3. The van der Waals surface area contributed by atoms with Crippen LogP contribution < -0.4 is 0 Å². The average molecular weight is 257 g/mol. The van der Waals surface area contributed by atoms with Gasteiger partial charge in [0, 0.05) is 33.5 Å². The molecule has 0 aromatic carbocycles. The Balaban J connectivity index is 3.52. The number of ether oxygens (including phenoxy) is 2. The highest BCUT2D eigenvalue weighted by molar-refractivity contribution is 7.12. The summed E-state index contributed by atoms with van der Waals surface area (Å²) in [6, 6.07) is 0.709. The minimum absolute atomic E-state index is 0.161. The normalized spacial score (nSPS) is 14.2. The van der Waals surface area contributed by atoms with Gasteiger partial charge in [-0.15, -0.1) is 0 Å². The van der Waals surface area contributed by atoms with Gasteiger partial charge in [-0.25, -0.2) is 0 Å². The SMILES string of the molecule is CCOC(C)OCCC[Si](Cl)(OC)OC. The molecule has 4 nitrogen and oxygen atoms in total. The van der Waals surface area contributed by atoms with Gasteiger partial charge in [-0.2, -0.15) is 0 Å². The van der Waals surface area contributed by atoms with Gasteiger partial charge in [-0.05, 0) is 20.3 Å². The standard InChI is InChI=1S/C9H21ClO4Si/c1-5-13-9(2)14-7-6-8-15(10,11-3)12-4/h9H,5-8H2,1-4H3. The molecule has 0 heterocycles. The maximum Gasteiger partial charge on any atom is 0.442 e. The van der Waals surface area contributed by atoms with Gasteiger partial charge in [-0.3, -0.25) is 0 Å². The zero-order valence-corrected chi connectivity index (χ0v) is 11.7. The third-order valence-electron chi connectivity index (χ3n) is 1.98. The van der Waals surface area contributed by atoms with Crippen molar-refractivity contribution in [1.82, 2.24) is 0 Å². The molecular formula is C9H21ClO4Si. The maximum absolute atomic E-state index is 6.09. The van der Waals surface area contributed by atoms with Crippen molar-refractivity contribution in [2.24, 2.45) is 0 Å². The summed E-state index contributed by atoms with van der Waals surface area (Å²) in [5, 5.41) is 0. The van der Waals surface area contributed by atoms with Gasteiger partial charge < -0.3 is 18.3 Å². The molecule has 0 aliphatic carbocycles. The molecule has 0 rings (SSSR count). The molecule has 0 amide bonds. The van der Waals surface area contributed by atoms with Gasteiger partial charge in [0.05, 0.1) is 0 Å². The van der Waals surface area contributed by atoms with Crippen LogP contribution in [0.15, 0.2) is 0 Å². The average Bonchev–Trinajstić information content (AvgIpc) is 2.24. The van der Waals surface area contributed by atoms with E-state index >= 15 is 0 Å². The first-order valence-electron chi connectivity index (χ1n) is 5.10. The molecule has 6 heteroatoms. The summed E-state index contributed by atoms with van der Waals surface area (Å²) < 4.78 is 20.9. The van der Waals surface area contributed by atoms with Gasteiger partial charge in [-0.1, -0.05) is 11.1 Å². The highest BCUT2D eigenvalue weighted by Crippen LogP contribution is 2.18. The van der Waals surface area contributed by atoms with E-state index in [-0.39, 0.29) is 6.29 Å². The van der Waals surface area contributed by atoms with Gasteiger partial charge in [0.2, 0.25) is 0 Å². The fourth-order valence-electron chi connectivity index (χ4n) is 1.10. The smallest absolute Gasteiger partial charge is 0.386 e. The zero-order chi connectivity index (χ0) is 11.7. The topological polar surface area (TPSA) is 36.9 Å². The summed E-state index contributed by atoms with van der Waals surface area (Å²) >= 11 is 6.09. The maximum atomic E-state index is 6.09. The monoisotopic (exact) mass is 256 g/mol. The van der Waals surface area contributed by atoms with Crippen LogP contribution in [0.1, 0.15) is 20.3 Å². The van der Waals surface area contributed by atoms with E-state index in [9.17, 15) is 0 Å². The van der Waals surface area contributed by atoms with Crippen molar-refractivity contribution in [3.8, 4) is 0 Å². The van der Waals surface area contributed by atoms with Crippen molar-refractivity contribution in [2.45, 2.75) is 32.6 Å². The van der Waals surface area contributed by atoms with E-state index in [2.05, 4.69) is 0 Å². The molecule has 1 unspecified atom stereocenters. The van der Waals surface area contributed by atoms with Crippen molar-refractivity contribution < 1.29 is 18.3 Å². The van der Waals surface area contributed by atoms with E-state index in [4.69, 9.17) is 29.4 Å². The van der Waals surface area contributed by atoms with Gasteiger partial charge >= 0.3 is 7.87 Å². The molecule has 0 N–H and O–H groups in total. The molecule has 1 atom stereocenters. The third kappa shape index (κ3) is 7.27. The molecule has 0 radical (unpaired) electrons. The van der Waals surface area contributed by atoms with Crippen LogP contribution in [-0.4, -0.2) is 41.6 Å². The first-order valence-corrected chi connectivity index (χ1v) is 8.14. The Morgan fingerprint density at radius 2 is 1.80 bits per heavy atom. The van der Waals surface area contributed by atoms with Crippen molar-refractivity contribution in [2.75, 3.05) is 27.4 Å². The van der Waals surface area contributed by atoms with E-state index in [1.807, 2.05) is 13.8 Å². The van der Waals surface area contributed by atoms with Gasteiger partial charge in [0.15, 0.2) is 6.29 Å². The highest BCUT2D eigenvalue weighted by Gasteiger charge is 2.32. The predicted molar refractivity (Wildman–Crippen MR) is 62.1 cm³/mol. The van der Waals surface area contributed by atoms with E-state index < -0.39 is 7.87 Å². The number of rotatable bonds is 9. The number of hydrogen-bond donors (Lipinski definition) is 0. The molecule has 0 saturated carbocycles. The summed E-state index contributed by atoms with van der Waals surface area (Å²) in [7, 11) is 0.715. The van der Waals surface area contributed by atoms with E-state index in [1.165, 1.54) is 0 Å². The van der Waals surface area contributed by atoms with Gasteiger partial charge in [0.1, 0.15) is 0 Å². The van der Waals surface area contributed by atoms with Crippen molar-refractivity contribution >= 4 is 18.9 Å². The summed E-state index contributed by atoms with van der Waals surface area (Å²) in [5.41, 5.74) is 0. The van der Waals surface area contributed by atoms with E-state index in [1.54, 1.807) is 14.2 Å². The van der Waals surface area contributed by atoms with Crippen LogP contribution in [0.25, 0.3) is 0 Å². The summed E-state index contributed by atoms with van der Waals surface area (Å²) in [6.07, 6.45) is 0.654. The highest BCUT2D eigenvalue weighted by atomic mass is 35.6. The van der Waals surface area contributed by atoms with Gasteiger partial charge in [0.25, 0.3) is 0 Å². The minimum Gasteiger partial charge on any atom is -0.386 e. The summed E-state index contributed by atoms with van der Waals surface area (Å²) in [5.74, 6) is 0. The van der Waals surface area contributed by atoms with Crippen LogP contribution in [0.4, 0.5) is 0 Å². The molecule has 0 saturated heterocycles. The van der Waals surface area contributed by atoms with Crippen LogP contribution in [-0.2, 0) is 18.3 Å². The lowest BCUT2D eigenvalue weighted by molar-refractivity contribution is -0.126. The van der Waals surface area contributed by atoms with E-state index in [0.717, 1.165) is 6.42 Å². The second kappa shape index (κ2) is 8.49. The lowest BCUT2D eigenvalue weighted by Gasteiger charge is -2.19. The summed E-state index contributed by atoms with van der Waals surface area (Å²) in [4.78, 5) is 0. The van der Waals surface area contributed by atoms with Crippen LogP contribution in [0.3, 0.4) is 0 Å². The quantitative estimate of drug-likeness (QED) is 0.274. The Morgan fingerprint density at radius 1 is 1.20 bits per heavy atom. The number of halogens is 1. The Labute approximate surface area is 97.7 Å². The number of hydrogen-bond acceptors (Lipinski definition) is 4. The fraction of sp³-hybridized carbons (Fsp3) is 1.00. The fourth-order valence-corrected chi connectivity index (χ4v) is 2.65. The van der Waals surface area contributed by atoms with E-state index in [0.29, 0.717) is 19.3 Å². The molecular weight excluding hydrogens is 236 g/mol. The minimum atomic E-state index is -2.44. The zero-order valence-electron chi connectivity index (χ0n) is 9.92. The molecule has 0 aromatic heterocycles. The Kier molecular flexibility index (Phi) is 8.69. The van der Waals surface area contributed by atoms with Crippen molar-refractivity contribution in [3.63, 3.8) is 0 Å². The Morgan fingerprint density at radius 3 is 2.27 bits per heavy atom. The molecule has 0 fully saturated rings. The second-order valence-corrected chi connectivity index (χ2v) is 7.43. The van der Waals surface area contributed by atoms with Crippen LogP contribution in [0, 0.1) is 0 Å². The van der Waals surface area contributed by atoms with Crippen molar-refractivity contribution in [1.29, 1.82) is 0 Å². The summed E-state index contributed by atoms with van der Waals surface area (Å²) in [6.45, 7) is 5.08.